The summed E-state index contributed by atoms with van der Waals surface area (Å²) in [5.74, 6) is 0.771. The Morgan fingerprint density at radius 3 is 2.06 bits per heavy atom. The quantitative estimate of drug-likeness (QED) is 0.815. The molecule has 0 saturated heterocycles. The smallest absolute Gasteiger partial charge is 0.320 e. The van der Waals surface area contributed by atoms with Crippen LogP contribution >= 0.6 is 0 Å². The van der Waals surface area contributed by atoms with Crippen molar-refractivity contribution in [2.24, 2.45) is 29.1 Å². The van der Waals surface area contributed by atoms with Crippen LogP contribution in [0.15, 0.2) is 0 Å². The Bertz CT molecular complexity index is 347. The highest BCUT2D eigenvalue weighted by molar-refractivity contribution is 5.72. The molecule has 3 nitrogen and oxygen atoms in total. The van der Waals surface area contributed by atoms with E-state index in [0.717, 1.165) is 17.8 Å². The standard InChI is InChI=1S/C14H19NO2/c15-8-12(13(16)17)7-14-4-9-1-10(5-14)3-11(2-9)6-14/h9-12H,1-7H2,(H,16,17). The number of carboxylic acid groups (broad SMARTS) is 1. The van der Waals surface area contributed by atoms with Crippen molar-refractivity contribution in [2.75, 3.05) is 0 Å². The van der Waals surface area contributed by atoms with Crippen LogP contribution in [0.5, 0.6) is 0 Å². The molecule has 4 saturated carbocycles. The second-order valence-corrected chi connectivity index (χ2v) is 6.64. The molecular weight excluding hydrogens is 214 g/mol. The minimum absolute atomic E-state index is 0.202. The first-order valence-corrected chi connectivity index (χ1v) is 6.73. The van der Waals surface area contributed by atoms with Crippen LogP contribution in [-0.4, -0.2) is 11.1 Å². The molecule has 1 unspecified atom stereocenters. The summed E-state index contributed by atoms with van der Waals surface area (Å²) in [5, 5.41) is 18.0. The van der Waals surface area contributed by atoms with Crippen LogP contribution in [0, 0.1) is 40.4 Å². The lowest BCUT2D eigenvalue weighted by Crippen LogP contribution is -2.47. The second-order valence-electron chi connectivity index (χ2n) is 6.64. The van der Waals surface area contributed by atoms with E-state index < -0.39 is 11.9 Å². The Morgan fingerprint density at radius 2 is 1.71 bits per heavy atom. The molecular formula is C14H19NO2. The van der Waals surface area contributed by atoms with E-state index in [1.165, 1.54) is 38.5 Å². The lowest BCUT2D eigenvalue weighted by Gasteiger charge is -2.57. The molecule has 92 valence electrons. The van der Waals surface area contributed by atoms with Gasteiger partial charge in [0.1, 0.15) is 5.92 Å². The van der Waals surface area contributed by atoms with Crippen molar-refractivity contribution < 1.29 is 9.90 Å². The molecule has 1 N–H and O–H groups in total. The number of rotatable bonds is 3. The molecule has 0 spiro atoms. The van der Waals surface area contributed by atoms with E-state index in [4.69, 9.17) is 10.4 Å². The summed E-state index contributed by atoms with van der Waals surface area (Å²) < 4.78 is 0. The van der Waals surface area contributed by atoms with Gasteiger partial charge in [0, 0.05) is 0 Å². The van der Waals surface area contributed by atoms with Gasteiger partial charge in [0.15, 0.2) is 0 Å². The number of hydrogen-bond donors (Lipinski definition) is 1. The number of nitrogens with zero attached hydrogens (tertiary/aromatic N) is 1. The fourth-order valence-corrected chi connectivity index (χ4v) is 5.16. The van der Waals surface area contributed by atoms with Gasteiger partial charge in [-0.3, -0.25) is 4.79 Å². The molecule has 0 aromatic carbocycles. The Balaban J connectivity index is 1.78. The second kappa shape index (κ2) is 3.73. The summed E-state index contributed by atoms with van der Waals surface area (Å²) in [5.41, 5.74) is 0.202. The number of carbonyl (C=O) groups is 1. The van der Waals surface area contributed by atoms with E-state index in [-0.39, 0.29) is 5.41 Å². The first-order chi connectivity index (χ1) is 8.10. The number of nitriles is 1. The van der Waals surface area contributed by atoms with Gasteiger partial charge in [-0.15, -0.1) is 0 Å². The summed E-state index contributed by atoms with van der Waals surface area (Å²) in [6.07, 6.45) is 8.25. The first-order valence-electron chi connectivity index (χ1n) is 6.73. The highest BCUT2D eigenvalue weighted by Gasteiger charge is 2.51. The van der Waals surface area contributed by atoms with E-state index in [1.807, 2.05) is 6.07 Å². The van der Waals surface area contributed by atoms with E-state index in [2.05, 4.69) is 0 Å². The monoisotopic (exact) mass is 233 g/mol. The third-order valence-electron chi connectivity index (χ3n) is 5.26. The summed E-state index contributed by atoms with van der Waals surface area (Å²) >= 11 is 0. The third-order valence-corrected chi connectivity index (χ3v) is 5.26. The van der Waals surface area contributed by atoms with Crippen molar-refractivity contribution in [2.45, 2.75) is 44.9 Å². The van der Waals surface area contributed by atoms with Crippen LogP contribution in [0.25, 0.3) is 0 Å². The van der Waals surface area contributed by atoms with Gasteiger partial charge >= 0.3 is 5.97 Å². The minimum atomic E-state index is -0.928. The molecule has 0 amide bonds. The van der Waals surface area contributed by atoms with E-state index >= 15 is 0 Å². The van der Waals surface area contributed by atoms with Crippen molar-refractivity contribution in [1.82, 2.24) is 0 Å². The molecule has 17 heavy (non-hydrogen) atoms. The van der Waals surface area contributed by atoms with Gasteiger partial charge < -0.3 is 5.11 Å². The van der Waals surface area contributed by atoms with Gasteiger partial charge in [-0.25, -0.2) is 0 Å². The molecule has 4 aliphatic rings. The topological polar surface area (TPSA) is 61.1 Å². The molecule has 4 aliphatic carbocycles. The first kappa shape index (κ1) is 11.1. The number of hydrogen-bond acceptors (Lipinski definition) is 2. The normalized spacial score (nSPS) is 44.3. The molecule has 3 heteroatoms. The average Bonchev–Trinajstić information content (AvgIpc) is 2.23. The summed E-state index contributed by atoms with van der Waals surface area (Å²) in [4.78, 5) is 11.0. The van der Waals surface area contributed by atoms with Gasteiger partial charge in [-0.1, -0.05) is 0 Å². The van der Waals surface area contributed by atoms with E-state index in [1.54, 1.807) is 0 Å². The van der Waals surface area contributed by atoms with Crippen LogP contribution in [0.4, 0.5) is 0 Å². The van der Waals surface area contributed by atoms with Crippen LogP contribution in [0.3, 0.4) is 0 Å². The summed E-state index contributed by atoms with van der Waals surface area (Å²) in [7, 11) is 0. The van der Waals surface area contributed by atoms with Crippen molar-refractivity contribution in [3.63, 3.8) is 0 Å². The highest BCUT2D eigenvalue weighted by atomic mass is 16.4. The largest absolute Gasteiger partial charge is 0.480 e. The summed E-state index contributed by atoms with van der Waals surface area (Å²) in [6, 6.07) is 1.98. The zero-order valence-corrected chi connectivity index (χ0v) is 10.1. The van der Waals surface area contributed by atoms with Gasteiger partial charge in [0.2, 0.25) is 0 Å². The Kier molecular flexibility index (Phi) is 2.43. The van der Waals surface area contributed by atoms with Crippen LogP contribution in [-0.2, 0) is 4.79 Å². The van der Waals surface area contributed by atoms with Gasteiger partial charge in [0.05, 0.1) is 6.07 Å². The van der Waals surface area contributed by atoms with Crippen molar-refractivity contribution in [3.05, 3.63) is 0 Å². The van der Waals surface area contributed by atoms with Crippen LogP contribution < -0.4 is 0 Å². The fraction of sp³-hybridized carbons (Fsp3) is 0.857. The molecule has 0 aliphatic heterocycles. The maximum atomic E-state index is 11.0. The third kappa shape index (κ3) is 1.84. The van der Waals surface area contributed by atoms with E-state index in [9.17, 15) is 4.79 Å². The van der Waals surface area contributed by atoms with E-state index in [0.29, 0.717) is 6.42 Å². The van der Waals surface area contributed by atoms with Crippen molar-refractivity contribution >= 4 is 5.97 Å². The lowest BCUT2D eigenvalue weighted by molar-refractivity contribution is -0.143. The van der Waals surface area contributed by atoms with Gasteiger partial charge in [-0.05, 0) is 68.1 Å². The predicted octanol–water partition coefficient (Wildman–Crippen LogP) is 2.82. The van der Waals surface area contributed by atoms with Crippen LogP contribution in [0.1, 0.15) is 44.9 Å². The maximum Gasteiger partial charge on any atom is 0.320 e. The molecule has 4 rings (SSSR count). The Labute approximate surface area is 102 Å². The fourth-order valence-electron chi connectivity index (χ4n) is 5.16. The predicted molar refractivity (Wildman–Crippen MR) is 62.0 cm³/mol. The molecule has 4 fully saturated rings. The number of aliphatic carboxylic acids is 1. The van der Waals surface area contributed by atoms with Crippen LogP contribution in [0.2, 0.25) is 0 Å². The number of carboxylic acids is 1. The molecule has 0 heterocycles. The van der Waals surface area contributed by atoms with Crippen molar-refractivity contribution in [3.8, 4) is 6.07 Å². The molecule has 0 aromatic heterocycles. The molecule has 0 radical (unpaired) electrons. The molecule has 4 bridgehead atoms. The summed E-state index contributed by atoms with van der Waals surface area (Å²) in [6.45, 7) is 0. The maximum absolute atomic E-state index is 11.0. The minimum Gasteiger partial charge on any atom is -0.480 e. The zero-order valence-electron chi connectivity index (χ0n) is 10.1. The van der Waals surface area contributed by atoms with Gasteiger partial charge in [0.25, 0.3) is 0 Å². The van der Waals surface area contributed by atoms with Crippen molar-refractivity contribution in [1.29, 1.82) is 5.26 Å². The molecule has 1 atom stereocenters. The van der Waals surface area contributed by atoms with Gasteiger partial charge in [-0.2, -0.15) is 5.26 Å². The molecule has 0 aromatic rings. The highest BCUT2D eigenvalue weighted by Crippen LogP contribution is 2.61. The average molecular weight is 233 g/mol. The Morgan fingerprint density at radius 1 is 1.24 bits per heavy atom. The lowest BCUT2D eigenvalue weighted by atomic mass is 9.48. The SMILES string of the molecule is N#CC(CC12CC3CC(CC(C3)C1)C2)C(=O)O. The Hall–Kier alpha value is -1.04. The zero-order chi connectivity index (χ0) is 12.0.